The van der Waals surface area contributed by atoms with E-state index in [1.165, 1.54) is 35.6 Å². The number of anilines is 1. The molecule has 1 aliphatic rings. The number of sulfonamides is 1. The lowest BCUT2D eigenvalue weighted by molar-refractivity contribution is -0.140. The van der Waals surface area contributed by atoms with Crippen LogP contribution in [0.25, 0.3) is 0 Å². The van der Waals surface area contributed by atoms with Gasteiger partial charge in [-0.3, -0.25) is 13.9 Å². The first-order chi connectivity index (χ1) is 20.1. The molecule has 3 aromatic rings. The van der Waals surface area contributed by atoms with Crippen molar-refractivity contribution < 1.29 is 18.0 Å². The van der Waals surface area contributed by atoms with E-state index < -0.39 is 28.5 Å². The van der Waals surface area contributed by atoms with Gasteiger partial charge in [0.2, 0.25) is 11.8 Å². The number of carbonyl (C=O) groups excluding carboxylic acids is 2. The lowest BCUT2D eigenvalue weighted by Crippen LogP contribution is -2.54. The van der Waals surface area contributed by atoms with Gasteiger partial charge in [0.25, 0.3) is 10.0 Å². The van der Waals surface area contributed by atoms with Gasteiger partial charge < -0.3 is 10.2 Å². The Morgan fingerprint density at radius 1 is 0.929 bits per heavy atom. The third-order valence-electron chi connectivity index (χ3n) is 7.88. The minimum atomic E-state index is -4.15. The molecule has 0 aliphatic heterocycles. The van der Waals surface area contributed by atoms with E-state index in [-0.39, 0.29) is 23.4 Å². The molecule has 224 valence electrons. The number of nitrogens with one attached hydrogen (secondary N) is 1. The van der Waals surface area contributed by atoms with Gasteiger partial charge in [0, 0.05) is 17.6 Å². The predicted molar refractivity (Wildman–Crippen MR) is 168 cm³/mol. The van der Waals surface area contributed by atoms with Crippen molar-refractivity contribution in [2.45, 2.75) is 82.8 Å². The summed E-state index contributed by atoms with van der Waals surface area (Å²) >= 11 is 6.04. The lowest BCUT2D eigenvalue weighted by atomic mass is 9.95. The SMILES string of the molecule is CC[C@H](C(=O)NC1CCCCC1)N(Cc1ccc(C)cc1)C(=O)CN(c1ccccc1C)S(=O)(=O)c1ccc(Cl)cc1. The van der Waals surface area contributed by atoms with Crippen LogP contribution >= 0.6 is 11.6 Å². The molecule has 1 saturated carbocycles. The maximum atomic E-state index is 14.3. The van der Waals surface area contributed by atoms with Crippen LogP contribution in [-0.2, 0) is 26.2 Å². The van der Waals surface area contributed by atoms with E-state index in [9.17, 15) is 18.0 Å². The molecule has 0 bridgehead atoms. The van der Waals surface area contributed by atoms with Gasteiger partial charge in [-0.1, -0.05) is 85.8 Å². The number of para-hydroxylation sites is 1. The number of aryl methyl sites for hydroxylation is 2. The maximum Gasteiger partial charge on any atom is 0.264 e. The topological polar surface area (TPSA) is 86.8 Å². The Bertz CT molecular complexity index is 1470. The third-order valence-corrected chi connectivity index (χ3v) is 9.90. The highest BCUT2D eigenvalue weighted by atomic mass is 35.5. The zero-order chi connectivity index (χ0) is 30.3. The summed E-state index contributed by atoms with van der Waals surface area (Å²) in [5, 5.41) is 3.59. The zero-order valence-corrected chi connectivity index (χ0v) is 26.1. The number of hydrogen-bond acceptors (Lipinski definition) is 4. The molecule has 0 spiro atoms. The predicted octanol–water partition coefficient (Wildman–Crippen LogP) is 6.41. The van der Waals surface area contributed by atoms with Crippen LogP contribution in [0.5, 0.6) is 0 Å². The number of rotatable bonds is 11. The number of hydrogen-bond donors (Lipinski definition) is 1. The molecule has 0 heterocycles. The molecular formula is C33H40ClN3O4S. The summed E-state index contributed by atoms with van der Waals surface area (Å²) in [6, 6.07) is 20.1. The molecule has 4 rings (SSSR count). The minimum Gasteiger partial charge on any atom is -0.352 e. The number of halogens is 1. The van der Waals surface area contributed by atoms with Crippen LogP contribution in [0.15, 0.2) is 77.7 Å². The number of amides is 2. The second-order valence-corrected chi connectivity index (χ2v) is 13.3. The minimum absolute atomic E-state index is 0.0233. The van der Waals surface area contributed by atoms with Gasteiger partial charge in [-0.25, -0.2) is 8.42 Å². The van der Waals surface area contributed by atoms with E-state index in [1.54, 1.807) is 25.1 Å². The van der Waals surface area contributed by atoms with Crippen LogP contribution in [0.2, 0.25) is 5.02 Å². The van der Waals surface area contributed by atoms with Crippen LogP contribution in [-0.4, -0.2) is 43.8 Å². The zero-order valence-electron chi connectivity index (χ0n) is 24.6. The van der Waals surface area contributed by atoms with Crippen LogP contribution in [0.3, 0.4) is 0 Å². The monoisotopic (exact) mass is 609 g/mol. The Morgan fingerprint density at radius 3 is 2.19 bits per heavy atom. The summed E-state index contributed by atoms with van der Waals surface area (Å²) in [5.74, 6) is -0.658. The van der Waals surface area contributed by atoms with Gasteiger partial charge in [0.15, 0.2) is 0 Å². The molecule has 0 saturated heterocycles. The molecule has 2 amide bonds. The molecule has 0 aromatic heterocycles. The first kappa shape index (κ1) is 31.6. The lowest BCUT2D eigenvalue weighted by Gasteiger charge is -2.34. The van der Waals surface area contributed by atoms with Crippen molar-refractivity contribution >= 4 is 39.1 Å². The molecule has 42 heavy (non-hydrogen) atoms. The average molecular weight is 610 g/mol. The smallest absolute Gasteiger partial charge is 0.264 e. The van der Waals surface area contributed by atoms with Crippen molar-refractivity contribution in [3.8, 4) is 0 Å². The van der Waals surface area contributed by atoms with E-state index in [0.717, 1.165) is 41.1 Å². The molecule has 1 fully saturated rings. The molecule has 3 aromatic carbocycles. The van der Waals surface area contributed by atoms with Crippen molar-refractivity contribution in [1.82, 2.24) is 10.2 Å². The number of nitrogens with zero attached hydrogens (tertiary/aromatic N) is 2. The molecule has 1 aliphatic carbocycles. The van der Waals surface area contributed by atoms with Gasteiger partial charge in [0.1, 0.15) is 12.6 Å². The quantitative estimate of drug-likeness (QED) is 0.272. The molecule has 1 N–H and O–H groups in total. The Hall–Kier alpha value is -3.36. The van der Waals surface area contributed by atoms with E-state index in [4.69, 9.17) is 11.6 Å². The molecule has 7 nitrogen and oxygen atoms in total. The van der Waals surface area contributed by atoms with Crippen molar-refractivity contribution in [1.29, 1.82) is 0 Å². The van der Waals surface area contributed by atoms with Crippen molar-refractivity contribution in [3.05, 3.63) is 94.5 Å². The van der Waals surface area contributed by atoms with Crippen LogP contribution in [0.4, 0.5) is 5.69 Å². The van der Waals surface area contributed by atoms with Gasteiger partial charge in [-0.15, -0.1) is 0 Å². The van der Waals surface area contributed by atoms with E-state index in [0.29, 0.717) is 22.7 Å². The second kappa shape index (κ2) is 14.2. The Balaban J connectivity index is 1.71. The molecule has 1 atom stereocenters. The first-order valence-electron chi connectivity index (χ1n) is 14.6. The van der Waals surface area contributed by atoms with Gasteiger partial charge in [-0.2, -0.15) is 0 Å². The van der Waals surface area contributed by atoms with Crippen molar-refractivity contribution in [2.75, 3.05) is 10.8 Å². The Kier molecular flexibility index (Phi) is 10.7. The number of benzene rings is 3. The third kappa shape index (κ3) is 7.72. The summed E-state index contributed by atoms with van der Waals surface area (Å²) in [7, 11) is -4.15. The second-order valence-electron chi connectivity index (χ2n) is 11.0. The van der Waals surface area contributed by atoms with Crippen LogP contribution < -0.4 is 9.62 Å². The normalized spacial score (nSPS) is 14.7. The fraction of sp³-hybridized carbons (Fsp3) is 0.394. The number of carbonyl (C=O) groups is 2. The van der Waals surface area contributed by atoms with Crippen molar-refractivity contribution in [2.24, 2.45) is 0 Å². The van der Waals surface area contributed by atoms with E-state index >= 15 is 0 Å². The fourth-order valence-electron chi connectivity index (χ4n) is 5.44. The molecule has 0 radical (unpaired) electrons. The van der Waals surface area contributed by atoms with Crippen molar-refractivity contribution in [3.63, 3.8) is 0 Å². The fourth-order valence-corrected chi connectivity index (χ4v) is 7.05. The Labute approximate surface area is 254 Å². The molecule has 0 unspecified atom stereocenters. The standard InChI is InChI=1S/C33H40ClN3O4S/c1-4-30(33(39)35-28-11-6-5-7-12-28)36(22-26-16-14-24(2)15-17-26)32(38)23-37(31-13-9-8-10-25(31)3)42(40,41)29-20-18-27(34)19-21-29/h8-10,13-21,28,30H,4-7,11-12,22-23H2,1-3H3,(H,35,39)/t30-/m1/s1. The van der Waals surface area contributed by atoms with E-state index in [2.05, 4.69) is 5.32 Å². The van der Waals surface area contributed by atoms with Gasteiger partial charge >= 0.3 is 0 Å². The van der Waals surface area contributed by atoms with Crippen LogP contribution in [0.1, 0.15) is 62.1 Å². The summed E-state index contributed by atoms with van der Waals surface area (Å²) in [4.78, 5) is 29.5. The molecular weight excluding hydrogens is 570 g/mol. The largest absolute Gasteiger partial charge is 0.352 e. The summed E-state index contributed by atoms with van der Waals surface area (Å²) in [6.45, 7) is 5.39. The van der Waals surface area contributed by atoms with E-state index in [1.807, 2.05) is 44.2 Å². The average Bonchev–Trinajstić information content (AvgIpc) is 2.98. The van der Waals surface area contributed by atoms with Gasteiger partial charge in [-0.05, 0) is 74.6 Å². The summed E-state index contributed by atoms with van der Waals surface area (Å²) in [5.41, 5.74) is 3.05. The van der Waals surface area contributed by atoms with Gasteiger partial charge in [0.05, 0.1) is 10.6 Å². The van der Waals surface area contributed by atoms with Crippen LogP contribution in [0, 0.1) is 13.8 Å². The Morgan fingerprint density at radius 2 is 1.57 bits per heavy atom. The highest BCUT2D eigenvalue weighted by Gasteiger charge is 2.34. The summed E-state index contributed by atoms with van der Waals surface area (Å²) < 4.78 is 29.2. The summed E-state index contributed by atoms with van der Waals surface area (Å²) in [6.07, 6.45) is 5.55. The maximum absolute atomic E-state index is 14.3. The highest BCUT2D eigenvalue weighted by Crippen LogP contribution is 2.28. The highest BCUT2D eigenvalue weighted by molar-refractivity contribution is 7.92. The molecule has 9 heteroatoms. The first-order valence-corrected chi connectivity index (χ1v) is 16.4.